The van der Waals surface area contributed by atoms with Crippen molar-refractivity contribution in [1.82, 2.24) is 10.3 Å². The van der Waals surface area contributed by atoms with E-state index in [0.29, 0.717) is 16.3 Å². The van der Waals surface area contributed by atoms with Crippen LogP contribution in [0.3, 0.4) is 0 Å². The van der Waals surface area contributed by atoms with Gasteiger partial charge in [0.15, 0.2) is 0 Å². The van der Waals surface area contributed by atoms with E-state index in [1.54, 1.807) is 29.4 Å². The highest BCUT2D eigenvalue weighted by Crippen LogP contribution is 2.43. The zero-order chi connectivity index (χ0) is 23.7. The SMILES string of the molecule is CC1(C)c2cc(Cl)ccc2C(=O)N1c1cncc(OC2CCNC2)c1.O=C(O)C(F)(F)F. The summed E-state index contributed by atoms with van der Waals surface area (Å²) >= 11 is 6.14. The van der Waals surface area contributed by atoms with Gasteiger partial charge in [0, 0.05) is 23.2 Å². The standard InChI is InChI=1S/C19H20ClN3O2.C2HF3O2/c1-19(2)17-7-12(20)3-4-16(17)18(24)23(19)13-8-15(11-22-9-13)25-14-5-6-21-10-14;3-2(4,5)1(6)7/h3-4,7-9,11,14,21H,5-6,10H2,1-2H3;(H,6,7). The number of halogens is 4. The Bertz CT molecular complexity index is 1020. The lowest BCUT2D eigenvalue weighted by molar-refractivity contribution is -0.192. The number of nitrogens with zero attached hydrogens (tertiary/aromatic N) is 2. The number of amides is 1. The molecule has 1 aromatic carbocycles. The number of alkyl halides is 3. The van der Waals surface area contributed by atoms with Gasteiger partial charge in [-0.1, -0.05) is 11.6 Å². The Labute approximate surface area is 187 Å². The van der Waals surface area contributed by atoms with Crippen LogP contribution in [0.2, 0.25) is 5.02 Å². The van der Waals surface area contributed by atoms with Crippen LogP contribution in [-0.2, 0) is 10.3 Å². The zero-order valence-corrected chi connectivity index (χ0v) is 18.0. The Balaban J connectivity index is 0.000000360. The van der Waals surface area contributed by atoms with E-state index in [4.69, 9.17) is 26.2 Å². The lowest BCUT2D eigenvalue weighted by Gasteiger charge is -2.32. The molecule has 0 spiro atoms. The summed E-state index contributed by atoms with van der Waals surface area (Å²) in [6.45, 7) is 5.83. The summed E-state index contributed by atoms with van der Waals surface area (Å²) in [6, 6.07) is 7.30. The van der Waals surface area contributed by atoms with E-state index in [-0.39, 0.29) is 12.0 Å². The third-order valence-electron chi connectivity index (χ3n) is 5.15. The van der Waals surface area contributed by atoms with Crippen molar-refractivity contribution in [2.45, 2.75) is 38.1 Å². The summed E-state index contributed by atoms with van der Waals surface area (Å²) in [7, 11) is 0. The van der Waals surface area contributed by atoms with Gasteiger partial charge in [-0.2, -0.15) is 13.2 Å². The molecule has 1 atom stereocenters. The van der Waals surface area contributed by atoms with E-state index in [0.717, 1.165) is 30.8 Å². The number of hydrogen-bond donors (Lipinski definition) is 2. The van der Waals surface area contributed by atoms with Crippen LogP contribution >= 0.6 is 11.6 Å². The number of benzene rings is 1. The summed E-state index contributed by atoms with van der Waals surface area (Å²) < 4.78 is 37.7. The minimum atomic E-state index is -5.08. The average Bonchev–Trinajstić information content (AvgIpc) is 3.27. The number of pyridine rings is 1. The molecule has 0 aliphatic carbocycles. The van der Waals surface area contributed by atoms with Crippen LogP contribution in [0.4, 0.5) is 18.9 Å². The lowest BCUT2D eigenvalue weighted by atomic mass is 9.93. The van der Waals surface area contributed by atoms with E-state index in [1.807, 2.05) is 26.0 Å². The molecule has 0 radical (unpaired) electrons. The molecule has 1 amide bonds. The monoisotopic (exact) mass is 471 g/mol. The molecule has 2 N–H and O–H groups in total. The maximum absolute atomic E-state index is 13.0. The molecular formula is C21H21ClF3N3O4. The van der Waals surface area contributed by atoms with Crippen molar-refractivity contribution in [3.05, 3.63) is 52.8 Å². The number of rotatable bonds is 3. The van der Waals surface area contributed by atoms with Gasteiger partial charge in [-0.05, 0) is 50.6 Å². The number of aromatic nitrogens is 1. The van der Waals surface area contributed by atoms with Crippen LogP contribution in [0, 0.1) is 0 Å². The summed E-state index contributed by atoms with van der Waals surface area (Å²) in [5, 5.41) is 11.0. The number of carboxylic acids is 1. The van der Waals surface area contributed by atoms with Crippen molar-refractivity contribution in [2.24, 2.45) is 0 Å². The third-order valence-corrected chi connectivity index (χ3v) is 5.39. The number of carbonyl (C=O) groups excluding carboxylic acids is 1. The second kappa shape index (κ2) is 8.95. The maximum atomic E-state index is 13.0. The van der Waals surface area contributed by atoms with Crippen LogP contribution < -0.4 is 15.0 Å². The second-order valence-corrected chi connectivity index (χ2v) is 8.24. The molecule has 1 fully saturated rings. The Kier molecular flexibility index (Phi) is 6.66. The van der Waals surface area contributed by atoms with Crippen LogP contribution in [0.1, 0.15) is 36.2 Å². The predicted octanol–water partition coefficient (Wildman–Crippen LogP) is 4.00. The fourth-order valence-corrected chi connectivity index (χ4v) is 3.83. The van der Waals surface area contributed by atoms with E-state index in [2.05, 4.69) is 10.3 Å². The molecule has 2 aromatic rings. The number of ether oxygens (including phenoxy) is 1. The summed E-state index contributed by atoms with van der Waals surface area (Å²) in [5.74, 6) is -2.12. The van der Waals surface area contributed by atoms with Gasteiger partial charge in [-0.3, -0.25) is 14.7 Å². The number of carbonyl (C=O) groups is 2. The number of anilines is 1. The quantitative estimate of drug-likeness (QED) is 0.703. The molecule has 2 aliphatic heterocycles. The number of fused-ring (bicyclic) bond motifs is 1. The Hall–Kier alpha value is -2.85. The van der Waals surface area contributed by atoms with Gasteiger partial charge in [0.2, 0.25) is 0 Å². The van der Waals surface area contributed by atoms with Crippen molar-refractivity contribution in [1.29, 1.82) is 0 Å². The highest BCUT2D eigenvalue weighted by molar-refractivity contribution is 6.31. The number of nitrogens with one attached hydrogen (secondary N) is 1. The van der Waals surface area contributed by atoms with Crippen molar-refractivity contribution >= 4 is 29.2 Å². The highest BCUT2D eigenvalue weighted by Gasteiger charge is 2.44. The summed E-state index contributed by atoms with van der Waals surface area (Å²) in [6.07, 6.45) is -0.565. The maximum Gasteiger partial charge on any atom is 0.490 e. The first kappa shape index (κ1) is 23.8. The predicted molar refractivity (Wildman–Crippen MR) is 111 cm³/mol. The van der Waals surface area contributed by atoms with Gasteiger partial charge >= 0.3 is 12.1 Å². The molecule has 3 heterocycles. The number of carboxylic acid groups (broad SMARTS) is 1. The van der Waals surface area contributed by atoms with Gasteiger partial charge in [0.25, 0.3) is 5.91 Å². The average molecular weight is 472 g/mol. The van der Waals surface area contributed by atoms with E-state index in [1.165, 1.54) is 0 Å². The first-order valence-electron chi connectivity index (χ1n) is 9.68. The number of hydrogen-bond acceptors (Lipinski definition) is 5. The molecular weight excluding hydrogens is 451 g/mol. The molecule has 1 aromatic heterocycles. The van der Waals surface area contributed by atoms with Gasteiger partial charge < -0.3 is 15.2 Å². The molecule has 11 heteroatoms. The van der Waals surface area contributed by atoms with Crippen molar-refractivity contribution in [3.63, 3.8) is 0 Å². The topological polar surface area (TPSA) is 91.8 Å². The summed E-state index contributed by atoms with van der Waals surface area (Å²) in [5.41, 5.74) is 1.83. The minimum Gasteiger partial charge on any atom is -0.487 e. The second-order valence-electron chi connectivity index (χ2n) is 7.80. The van der Waals surface area contributed by atoms with Crippen molar-refractivity contribution < 1.29 is 32.6 Å². The fraction of sp³-hybridized carbons (Fsp3) is 0.381. The Morgan fingerprint density at radius 2 is 2.00 bits per heavy atom. The van der Waals surface area contributed by atoms with Gasteiger partial charge in [-0.25, -0.2) is 4.79 Å². The van der Waals surface area contributed by atoms with Crippen LogP contribution in [0.15, 0.2) is 36.7 Å². The molecule has 4 rings (SSSR count). The largest absolute Gasteiger partial charge is 0.490 e. The first-order valence-corrected chi connectivity index (χ1v) is 10.1. The molecule has 0 saturated carbocycles. The molecule has 32 heavy (non-hydrogen) atoms. The van der Waals surface area contributed by atoms with E-state index >= 15 is 0 Å². The first-order chi connectivity index (χ1) is 14.9. The van der Waals surface area contributed by atoms with Crippen LogP contribution in [0.5, 0.6) is 5.75 Å². The van der Waals surface area contributed by atoms with Gasteiger partial charge in [-0.15, -0.1) is 0 Å². The molecule has 2 aliphatic rings. The van der Waals surface area contributed by atoms with Crippen LogP contribution in [0.25, 0.3) is 0 Å². The van der Waals surface area contributed by atoms with E-state index in [9.17, 15) is 18.0 Å². The Morgan fingerprint density at radius 1 is 1.31 bits per heavy atom. The van der Waals surface area contributed by atoms with Crippen molar-refractivity contribution in [3.8, 4) is 5.75 Å². The number of aliphatic carboxylic acids is 1. The summed E-state index contributed by atoms with van der Waals surface area (Å²) in [4.78, 5) is 27.9. The van der Waals surface area contributed by atoms with Crippen LogP contribution in [-0.4, -0.2) is 47.3 Å². The normalized spacial score (nSPS) is 19.2. The smallest absolute Gasteiger partial charge is 0.487 e. The zero-order valence-electron chi connectivity index (χ0n) is 17.2. The van der Waals surface area contributed by atoms with Gasteiger partial charge in [0.05, 0.1) is 23.6 Å². The molecule has 172 valence electrons. The third kappa shape index (κ3) is 4.97. The van der Waals surface area contributed by atoms with Gasteiger partial charge in [0.1, 0.15) is 11.9 Å². The fourth-order valence-electron chi connectivity index (χ4n) is 3.66. The molecule has 7 nitrogen and oxygen atoms in total. The molecule has 0 bridgehead atoms. The highest BCUT2D eigenvalue weighted by atomic mass is 35.5. The molecule has 1 saturated heterocycles. The minimum absolute atomic E-state index is 0.0434. The van der Waals surface area contributed by atoms with Crippen molar-refractivity contribution in [2.75, 3.05) is 18.0 Å². The molecule has 1 unspecified atom stereocenters. The Morgan fingerprint density at radius 3 is 2.59 bits per heavy atom. The lowest BCUT2D eigenvalue weighted by Crippen LogP contribution is -2.39. The van der Waals surface area contributed by atoms with E-state index < -0.39 is 17.7 Å².